The molecule has 2 aromatic rings. The van der Waals surface area contributed by atoms with E-state index in [-0.39, 0.29) is 24.0 Å². The highest BCUT2D eigenvalue weighted by Crippen LogP contribution is 2.21. The molecule has 0 bridgehead atoms. The zero-order chi connectivity index (χ0) is 19.9. The third kappa shape index (κ3) is 5.63. The number of para-hydroxylation sites is 1. The first-order valence-corrected chi connectivity index (χ1v) is 9.92. The molecular weight excluding hydrogens is 477 g/mol. The van der Waals surface area contributed by atoms with Crippen LogP contribution in [-0.2, 0) is 6.42 Å². The number of nitrogens with zero attached hydrogens (tertiary/aromatic N) is 5. The first kappa shape index (κ1) is 23.0. The van der Waals surface area contributed by atoms with E-state index in [0.717, 1.165) is 49.3 Å². The minimum absolute atomic E-state index is 0. The number of likely N-dealkylation sites (tertiary alicyclic amines) is 1. The normalized spacial score (nSPS) is 14.9. The molecule has 1 aromatic heterocycles. The highest BCUT2D eigenvalue weighted by atomic mass is 127. The van der Waals surface area contributed by atoms with Crippen molar-refractivity contribution in [2.45, 2.75) is 32.6 Å². The molecule has 29 heavy (non-hydrogen) atoms. The second-order valence-electron chi connectivity index (χ2n) is 7.31. The van der Waals surface area contributed by atoms with Crippen molar-refractivity contribution in [1.82, 2.24) is 20.0 Å². The van der Waals surface area contributed by atoms with Gasteiger partial charge in [0.25, 0.3) is 0 Å². The molecule has 3 N–H and O–H groups in total. The van der Waals surface area contributed by atoms with Gasteiger partial charge in [-0.2, -0.15) is 10.4 Å². The lowest BCUT2D eigenvalue weighted by Gasteiger charge is -2.32. The predicted octanol–water partition coefficient (Wildman–Crippen LogP) is 3.18. The summed E-state index contributed by atoms with van der Waals surface area (Å²) >= 11 is 0. The van der Waals surface area contributed by atoms with Crippen molar-refractivity contribution in [2.75, 3.05) is 32.4 Å². The lowest BCUT2D eigenvalue weighted by atomic mass is 10.00. The summed E-state index contributed by atoms with van der Waals surface area (Å²) in [5.41, 5.74) is 8.24. The Bertz CT molecular complexity index is 846. The van der Waals surface area contributed by atoms with E-state index in [9.17, 15) is 5.26 Å². The summed E-state index contributed by atoms with van der Waals surface area (Å²) in [5, 5.41) is 17.5. The molecule has 1 aromatic carbocycles. The Labute approximate surface area is 190 Å². The van der Waals surface area contributed by atoms with Crippen molar-refractivity contribution < 1.29 is 0 Å². The van der Waals surface area contributed by atoms with Crippen molar-refractivity contribution in [3.8, 4) is 11.8 Å². The van der Waals surface area contributed by atoms with E-state index in [4.69, 9.17) is 5.73 Å². The second-order valence-corrected chi connectivity index (χ2v) is 7.31. The number of aliphatic imine (C=N–C) groups is 1. The van der Waals surface area contributed by atoms with Crippen LogP contribution in [0.3, 0.4) is 0 Å². The Morgan fingerprint density at radius 1 is 1.31 bits per heavy atom. The van der Waals surface area contributed by atoms with Crippen LogP contribution in [0.25, 0.3) is 5.69 Å². The van der Waals surface area contributed by atoms with Gasteiger partial charge in [0.1, 0.15) is 17.5 Å². The van der Waals surface area contributed by atoms with Gasteiger partial charge in [0.15, 0.2) is 5.96 Å². The van der Waals surface area contributed by atoms with Gasteiger partial charge in [-0.05, 0) is 43.7 Å². The number of nitrogens with two attached hydrogens (primary N) is 1. The number of aromatic nitrogens is 2. The molecule has 156 valence electrons. The molecule has 0 spiro atoms. The molecule has 1 fully saturated rings. The standard InChI is InChI=1S/C21H29N7.HI/c1-16-10-13-27(14-11-16)21(24-2)25-12-6-9-19-18(15-22)20(23)28(26-19)17-7-4-3-5-8-17;/h3-5,7-8,16H,6,9-14,23H2,1-2H3,(H,24,25);1H. The number of benzene rings is 1. The zero-order valence-electron chi connectivity index (χ0n) is 17.1. The topological polar surface area (TPSA) is 95.3 Å². The Balaban J connectivity index is 0.00000300. The fraction of sp³-hybridized carbons (Fsp3) is 0.476. The van der Waals surface area contributed by atoms with Crippen LogP contribution < -0.4 is 11.1 Å². The molecule has 1 aliphatic heterocycles. The summed E-state index contributed by atoms with van der Waals surface area (Å²) < 4.78 is 1.65. The van der Waals surface area contributed by atoms with E-state index in [0.29, 0.717) is 17.8 Å². The summed E-state index contributed by atoms with van der Waals surface area (Å²) in [7, 11) is 1.83. The van der Waals surface area contributed by atoms with Gasteiger partial charge in [-0.1, -0.05) is 25.1 Å². The van der Waals surface area contributed by atoms with Crippen LogP contribution >= 0.6 is 24.0 Å². The number of aryl methyl sites for hydroxylation is 1. The molecule has 1 aliphatic rings. The maximum atomic E-state index is 9.51. The fourth-order valence-electron chi connectivity index (χ4n) is 3.55. The minimum atomic E-state index is 0. The van der Waals surface area contributed by atoms with Crippen LogP contribution in [0, 0.1) is 17.2 Å². The molecule has 8 heteroatoms. The molecule has 7 nitrogen and oxygen atoms in total. The average Bonchev–Trinajstić information content (AvgIpc) is 3.05. The van der Waals surface area contributed by atoms with E-state index >= 15 is 0 Å². The van der Waals surface area contributed by atoms with Gasteiger partial charge in [-0.25, -0.2) is 4.68 Å². The lowest BCUT2D eigenvalue weighted by molar-refractivity contribution is 0.273. The van der Waals surface area contributed by atoms with Crippen molar-refractivity contribution in [2.24, 2.45) is 10.9 Å². The number of nitrogens with one attached hydrogen (secondary N) is 1. The third-order valence-corrected chi connectivity index (χ3v) is 5.27. The van der Waals surface area contributed by atoms with Crippen LogP contribution in [0.4, 0.5) is 5.82 Å². The quantitative estimate of drug-likeness (QED) is 0.281. The van der Waals surface area contributed by atoms with Gasteiger partial charge in [-0.15, -0.1) is 24.0 Å². The summed E-state index contributed by atoms with van der Waals surface area (Å²) in [6, 6.07) is 11.9. The molecule has 0 aliphatic carbocycles. The highest BCUT2D eigenvalue weighted by molar-refractivity contribution is 14.0. The van der Waals surface area contributed by atoms with E-state index in [1.54, 1.807) is 4.68 Å². The predicted molar refractivity (Wildman–Crippen MR) is 128 cm³/mol. The Morgan fingerprint density at radius 3 is 2.62 bits per heavy atom. The summed E-state index contributed by atoms with van der Waals surface area (Å²) in [6.07, 6.45) is 3.96. The van der Waals surface area contributed by atoms with Crippen molar-refractivity contribution >= 4 is 35.8 Å². The van der Waals surface area contributed by atoms with E-state index in [2.05, 4.69) is 33.3 Å². The van der Waals surface area contributed by atoms with E-state index < -0.39 is 0 Å². The molecule has 0 amide bonds. The van der Waals surface area contributed by atoms with Crippen LogP contribution in [-0.4, -0.2) is 47.3 Å². The molecule has 1 saturated heterocycles. The molecule has 0 radical (unpaired) electrons. The number of halogens is 1. The van der Waals surface area contributed by atoms with Crippen molar-refractivity contribution in [3.63, 3.8) is 0 Å². The number of hydrogen-bond donors (Lipinski definition) is 2. The number of rotatable bonds is 5. The van der Waals surface area contributed by atoms with Crippen LogP contribution in [0.1, 0.15) is 37.4 Å². The third-order valence-electron chi connectivity index (χ3n) is 5.27. The lowest BCUT2D eigenvalue weighted by Crippen LogP contribution is -2.45. The number of anilines is 1. The Kier molecular flexibility index (Phi) is 8.76. The van der Waals surface area contributed by atoms with Crippen LogP contribution in [0.5, 0.6) is 0 Å². The number of nitrogen functional groups attached to an aromatic ring is 1. The van der Waals surface area contributed by atoms with Gasteiger partial charge in [0.05, 0.1) is 11.4 Å². The number of piperidine rings is 1. The molecule has 0 atom stereocenters. The monoisotopic (exact) mass is 507 g/mol. The summed E-state index contributed by atoms with van der Waals surface area (Å²) in [6.45, 7) is 5.19. The van der Waals surface area contributed by atoms with Gasteiger partial charge in [0.2, 0.25) is 0 Å². The molecule has 0 saturated carbocycles. The largest absolute Gasteiger partial charge is 0.382 e. The summed E-state index contributed by atoms with van der Waals surface area (Å²) in [5.74, 6) is 2.15. The van der Waals surface area contributed by atoms with E-state index in [1.165, 1.54) is 12.8 Å². The maximum absolute atomic E-state index is 9.51. The van der Waals surface area contributed by atoms with Gasteiger partial charge in [0, 0.05) is 26.7 Å². The fourth-order valence-corrected chi connectivity index (χ4v) is 3.55. The summed E-state index contributed by atoms with van der Waals surface area (Å²) in [4.78, 5) is 6.73. The molecular formula is C21H30IN7. The number of hydrogen-bond acceptors (Lipinski definition) is 4. The smallest absolute Gasteiger partial charge is 0.193 e. The first-order valence-electron chi connectivity index (χ1n) is 9.92. The Hall–Kier alpha value is -2.28. The second kappa shape index (κ2) is 11.0. The van der Waals surface area contributed by atoms with Crippen molar-refractivity contribution in [3.05, 3.63) is 41.6 Å². The van der Waals surface area contributed by atoms with Crippen LogP contribution in [0.2, 0.25) is 0 Å². The minimum Gasteiger partial charge on any atom is -0.382 e. The number of guanidine groups is 1. The highest BCUT2D eigenvalue weighted by Gasteiger charge is 2.19. The van der Waals surface area contributed by atoms with Gasteiger partial charge < -0.3 is 16.0 Å². The van der Waals surface area contributed by atoms with Crippen LogP contribution in [0.15, 0.2) is 35.3 Å². The van der Waals surface area contributed by atoms with Crippen molar-refractivity contribution in [1.29, 1.82) is 5.26 Å². The number of nitriles is 1. The maximum Gasteiger partial charge on any atom is 0.193 e. The Morgan fingerprint density at radius 2 is 2.00 bits per heavy atom. The van der Waals surface area contributed by atoms with Gasteiger partial charge in [-0.3, -0.25) is 4.99 Å². The molecule has 2 heterocycles. The zero-order valence-corrected chi connectivity index (χ0v) is 19.5. The van der Waals surface area contributed by atoms with E-state index in [1.807, 2.05) is 37.4 Å². The SMILES string of the molecule is CN=C(NCCCc1nn(-c2ccccc2)c(N)c1C#N)N1CCC(C)CC1.I. The average molecular weight is 507 g/mol. The van der Waals surface area contributed by atoms with Gasteiger partial charge >= 0.3 is 0 Å². The molecule has 3 rings (SSSR count). The molecule has 0 unspecified atom stereocenters. The first-order chi connectivity index (χ1) is 13.6.